The van der Waals surface area contributed by atoms with Gasteiger partial charge in [0, 0.05) is 25.9 Å². The molecule has 0 unspecified atom stereocenters. The van der Waals surface area contributed by atoms with Crippen LogP contribution in [0.5, 0.6) is 0 Å². The molecule has 0 aliphatic carbocycles. The molecule has 2 heterocycles. The van der Waals surface area contributed by atoms with E-state index >= 15 is 0 Å². The van der Waals surface area contributed by atoms with Gasteiger partial charge in [0.2, 0.25) is 5.91 Å². The highest BCUT2D eigenvalue weighted by atomic mass is 32.2. The lowest BCUT2D eigenvalue weighted by Crippen LogP contribution is -2.26. The Bertz CT molecular complexity index is 679. The van der Waals surface area contributed by atoms with Gasteiger partial charge in [-0.05, 0) is 11.8 Å². The molecule has 1 aromatic carbocycles. The maximum atomic E-state index is 12.1. The average Bonchev–Trinajstić information content (AvgIpc) is 2.88. The van der Waals surface area contributed by atoms with Gasteiger partial charge in [-0.2, -0.15) is 0 Å². The number of nitrogens with zero attached hydrogens (tertiary/aromatic N) is 3. The van der Waals surface area contributed by atoms with E-state index in [0.29, 0.717) is 13.0 Å². The molecule has 6 heteroatoms. The van der Waals surface area contributed by atoms with E-state index < -0.39 is 0 Å². The van der Waals surface area contributed by atoms with Crippen molar-refractivity contribution in [3.8, 4) is 0 Å². The van der Waals surface area contributed by atoms with Gasteiger partial charge in [-0.25, -0.2) is 4.98 Å². The third-order valence-corrected chi connectivity index (χ3v) is 4.82. The zero-order valence-corrected chi connectivity index (χ0v) is 14.1. The minimum Gasteiger partial charge on any atom is -0.368 e. The fourth-order valence-electron chi connectivity index (χ4n) is 3.05. The van der Waals surface area contributed by atoms with E-state index in [-0.39, 0.29) is 17.9 Å². The summed E-state index contributed by atoms with van der Waals surface area (Å²) in [6, 6.07) is 10.3. The summed E-state index contributed by atoms with van der Waals surface area (Å²) in [5.41, 5.74) is 1.18. The number of hydrogen-bond donors (Lipinski definition) is 1. The standard InChI is InChI=1S/C17H20N4OS/c1-21-16(22)8-13(17(21)12-6-4-3-5-7-12)9-19-14-10-18-11-15(20-14)23-2/h3-7,10-11,13,17H,8-9H2,1-2H3,(H,19,20)/t13-,17-/m1/s1. The molecule has 23 heavy (non-hydrogen) atoms. The first-order valence-corrected chi connectivity index (χ1v) is 8.82. The molecule has 1 aromatic heterocycles. The Kier molecular flexibility index (Phi) is 4.81. The highest BCUT2D eigenvalue weighted by molar-refractivity contribution is 7.98. The second kappa shape index (κ2) is 7.00. The minimum absolute atomic E-state index is 0.105. The van der Waals surface area contributed by atoms with Crippen LogP contribution < -0.4 is 5.32 Å². The quantitative estimate of drug-likeness (QED) is 0.855. The molecule has 2 atom stereocenters. The molecule has 1 aliphatic rings. The van der Waals surface area contributed by atoms with Crippen molar-refractivity contribution >= 4 is 23.5 Å². The molecule has 0 spiro atoms. The average molecular weight is 328 g/mol. The van der Waals surface area contributed by atoms with Gasteiger partial charge in [0.15, 0.2) is 0 Å². The third kappa shape index (κ3) is 3.47. The number of hydrogen-bond acceptors (Lipinski definition) is 5. The van der Waals surface area contributed by atoms with Gasteiger partial charge < -0.3 is 10.2 Å². The summed E-state index contributed by atoms with van der Waals surface area (Å²) in [6.45, 7) is 0.697. The van der Waals surface area contributed by atoms with Gasteiger partial charge in [0.05, 0.1) is 18.4 Å². The maximum absolute atomic E-state index is 12.1. The van der Waals surface area contributed by atoms with Gasteiger partial charge in [-0.1, -0.05) is 30.3 Å². The first-order chi connectivity index (χ1) is 11.2. The molecule has 2 aromatic rings. The number of benzene rings is 1. The second-order valence-corrected chi connectivity index (χ2v) is 6.48. The van der Waals surface area contributed by atoms with E-state index in [1.165, 1.54) is 5.56 Å². The van der Waals surface area contributed by atoms with Crippen LogP contribution in [0.4, 0.5) is 5.82 Å². The van der Waals surface area contributed by atoms with Crippen molar-refractivity contribution in [2.24, 2.45) is 5.92 Å². The van der Waals surface area contributed by atoms with Crippen molar-refractivity contribution in [3.05, 3.63) is 48.3 Å². The smallest absolute Gasteiger partial charge is 0.223 e. The monoisotopic (exact) mass is 328 g/mol. The number of rotatable bonds is 5. The van der Waals surface area contributed by atoms with E-state index in [1.54, 1.807) is 24.2 Å². The highest BCUT2D eigenvalue weighted by Gasteiger charge is 2.38. The van der Waals surface area contributed by atoms with Gasteiger partial charge >= 0.3 is 0 Å². The zero-order valence-electron chi connectivity index (χ0n) is 13.3. The number of amides is 1. The number of thioether (sulfide) groups is 1. The summed E-state index contributed by atoms with van der Waals surface area (Å²) < 4.78 is 0. The largest absolute Gasteiger partial charge is 0.368 e. The van der Waals surface area contributed by atoms with Crippen molar-refractivity contribution in [2.75, 3.05) is 25.2 Å². The molecule has 1 saturated heterocycles. The molecule has 0 saturated carbocycles. The molecule has 0 bridgehead atoms. The number of carbonyl (C=O) groups is 1. The van der Waals surface area contributed by atoms with Crippen LogP contribution in [0.25, 0.3) is 0 Å². The number of anilines is 1. The summed E-state index contributed by atoms with van der Waals surface area (Å²) in [7, 11) is 1.88. The molecule has 1 aliphatic heterocycles. The molecule has 0 radical (unpaired) electrons. The Labute approximate surface area is 140 Å². The highest BCUT2D eigenvalue weighted by Crippen LogP contribution is 2.36. The number of aromatic nitrogens is 2. The van der Waals surface area contributed by atoms with Crippen molar-refractivity contribution in [1.29, 1.82) is 0 Å². The SMILES string of the molecule is CSc1cncc(NC[C@H]2CC(=O)N(C)[C@@H]2c2ccccc2)n1. The third-order valence-electron chi connectivity index (χ3n) is 4.20. The first kappa shape index (κ1) is 15.8. The van der Waals surface area contributed by atoms with E-state index in [2.05, 4.69) is 27.4 Å². The van der Waals surface area contributed by atoms with E-state index in [0.717, 1.165) is 10.8 Å². The fourth-order valence-corrected chi connectivity index (χ4v) is 3.40. The van der Waals surface area contributed by atoms with Gasteiger partial charge in [0.1, 0.15) is 10.8 Å². The summed E-state index contributed by atoms with van der Waals surface area (Å²) in [6.07, 6.45) is 6.00. The number of nitrogens with one attached hydrogen (secondary N) is 1. The topological polar surface area (TPSA) is 58.1 Å². The van der Waals surface area contributed by atoms with Crippen molar-refractivity contribution in [3.63, 3.8) is 0 Å². The van der Waals surface area contributed by atoms with Crippen LogP contribution in [0.1, 0.15) is 18.0 Å². The van der Waals surface area contributed by atoms with Crippen LogP contribution in [0, 0.1) is 5.92 Å². The van der Waals surface area contributed by atoms with Crippen molar-refractivity contribution in [1.82, 2.24) is 14.9 Å². The molecular weight excluding hydrogens is 308 g/mol. The molecule has 120 valence electrons. The Morgan fingerprint density at radius 2 is 2.09 bits per heavy atom. The van der Waals surface area contributed by atoms with Crippen molar-refractivity contribution < 1.29 is 4.79 Å². The second-order valence-electron chi connectivity index (χ2n) is 5.65. The van der Waals surface area contributed by atoms with Crippen LogP contribution in [-0.2, 0) is 4.79 Å². The van der Waals surface area contributed by atoms with Gasteiger partial charge in [-0.3, -0.25) is 9.78 Å². The molecule has 1 fully saturated rings. The predicted molar refractivity (Wildman–Crippen MR) is 92.4 cm³/mol. The van der Waals surface area contributed by atoms with E-state index in [9.17, 15) is 4.79 Å². The summed E-state index contributed by atoms with van der Waals surface area (Å²) in [4.78, 5) is 22.7. The lowest BCUT2D eigenvalue weighted by atomic mass is 9.93. The predicted octanol–water partition coefficient (Wildman–Crippen LogP) is 2.83. The normalized spacial score (nSPS) is 20.8. The van der Waals surface area contributed by atoms with Crippen LogP contribution >= 0.6 is 11.8 Å². The Morgan fingerprint density at radius 3 is 2.83 bits per heavy atom. The maximum Gasteiger partial charge on any atom is 0.223 e. The molecule has 1 N–H and O–H groups in total. The van der Waals surface area contributed by atoms with Crippen LogP contribution in [0.3, 0.4) is 0 Å². The Hall–Kier alpha value is -2.08. The Balaban J connectivity index is 1.74. The zero-order chi connectivity index (χ0) is 16.2. The molecular formula is C17H20N4OS. The summed E-state index contributed by atoms with van der Waals surface area (Å²) in [5, 5.41) is 4.22. The minimum atomic E-state index is 0.105. The van der Waals surface area contributed by atoms with Gasteiger partial charge in [-0.15, -0.1) is 11.8 Å². The van der Waals surface area contributed by atoms with Crippen LogP contribution in [-0.4, -0.2) is 40.6 Å². The summed E-state index contributed by atoms with van der Waals surface area (Å²) in [5.74, 6) is 1.16. The van der Waals surface area contributed by atoms with Crippen LogP contribution in [0.2, 0.25) is 0 Å². The lowest BCUT2D eigenvalue weighted by Gasteiger charge is -2.25. The van der Waals surface area contributed by atoms with Crippen molar-refractivity contribution in [2.45, 2.75) is 17.5 Å². The lowest BCUT2D eigenvalue weighted by molar-refractivity contribution is -0.127. The summed E-state index contributed by atoms with van der Waals surface area (Å²) >= 11 is 1.56. The number of likely N-dealkylation sites (tertiary alicyclic amines) is 1. The fraction of sp³-hybridized carbons (Fsp3) is 0.353. The molecule has 1 amide bonds. The number of carbonyl (C=O) groups excluding carboxylic acids is 1. The first-order valence-electron chi connectivity index (χ1n) is 7.59. The van der Waals surface area contributed by atoms with Crippen LogP contribution in [0.15, 0.2) is 47.8 Å². The van der Waals surface area contributed by atoms with Gasteiger partial charge in [0.25, 0.3) is 0 Å². The molecule has 3 rings (SSSR count). The van der Waals surface area contributed by atoms with E-state index in [4.69, 9.17) is 0 Å². The van der Waals surface area contributed by atoms with E-state index in [1.807, 2.05) is 36.4 Å². The Morgan fingerprint density at radius 1 is 1.30 bits per heavy atom. The molecule has 5 nitrogen and oxygen atoms in total.